The molecular weight excluding hydrogens is 438 g/mol. The van der Waals surface area contributed by atoms with Gasteiger partial charge in [-0.15, -0.1) is 0 Å². The molecule has 4 nitrogen and oxygen atoms in total. The maximum atomic E-state index is 12.6. The number of hydrogen-bond acceptors (Lipinski definition) is 3. The molecule has 1 N–H and O–H groups in total. The van der Waals surface area contributed by atoms with Crippen molar-refractivity contribution < 1.29 is 4.79 Å². The summed E-state index contributed by atoms with van der Waals surface area (Å²) in [4.78, 5) is 17.8. The van der Waals surface area contributed by atoms with Gasteiger partial charge >= 0.3 is 0 Å². The van der Waals surface area contributed by atoms with E-state index in [2.05, 4.69) is 83.3 Å². The van der Waals surface area contributed by atoms with E-state index in [0.29, 0.717) is 10.1 Å². The zero-order valence-corrected chi connectivity index (χ0v) is 20.2. The molecule has 4 aromatic rings. The molecule has 0 saturated carbocycles. The van der Waals surface area contributed by atoms with Crippen LogP contribution in [0.25, 0.3) is 22.9 Å². The first-order valence-corrected chi connectivity index (χ1v) is 12.0. The maximum absolute atomic E-state index is 12.6. The third-order valence-corrected chi connectivity index (χ3v) is 6.81. The van der Waals surface area contributed by atoms with Gasteiger partial charge < -0.3 is 9.88 Å². The van der Waals surface area contributed by atoms with E-state index in [0.717, 1.165) is 28.3 Å². The van der Waals surface area contributed by atoms with Gasteiger partial charge in [0.2, 0.25) is 0 Å². The molecule has 1 amide bonds. The van der Waals surface area contributed by atoms with E-state index in [1.807, 2.05) is 43.3 Å². The predicted octanol–water partition coefficient (Wildman–Crippen LogP) is 6.96. The molecule has 2 heterocycles. The first-order chi connectivity index (χ1) is 16.5. The van der Waals surface area contributed by atoms with Crippen molar-refractivity contribution in [2.45, 2.75) is 20.8 Å². The lowest BCUT2D eigenvalue weighted by Crippen LogP contribution is -2.19. The topological polar surface area (TPSA) is 46.4 Å². The number of aryl methyl sites for hydroxylation is 2. The molecule has 34 heavy (non-hydrogen) atoms. The second kappa shape index (κ2) is 9.20. The Morgan fingerprint density at radius 3 is 2.24 bits per heavy atom. The number of carbonyl (C=O) groups is 1. The number of rotatable bonds is 4. The van der Waals surface area contributed by atoms with Gasteiger partial charge in [-0.2, -0.15) is 0 Å². The first kappa shape index (κ1) is 22.0. The molecular formula is C29H25N3OS. The van der Waals surface area contributed by atoms with Crippen molar-refractivity contribution in [2.24, 2.45) is 4.99 Å². The highest BCUT2D eigenvalue weighted by atomic mass is 32.2. The van der Waals surface area contributed by atoms with Crippen LogP contribution in [0.5, 0.6) is 0 Å². The summed E-state index contributed by atoms with van der Waals surface area (Å²) in [7, 11) is 0. The Labute approximate surface area is 204 Å². The van der Waals surface area contributed by atoms with Gasteiger partial charge in [0.15, 0.2) is 5.17 Å². The smallest absolute Gasteiger partial charge is 0.264 e. The molecule has 1 aromatic heterocycles. The average Bonchev–Trinajstić information content (AvgIpc) is 3.33. The second-order valence-corrected chi connectivity index (χ2v) is 9.42. The zero-order valence-electron chi connectivity index (χ0n) is 19.4. The van der Waals surface area contributed by atoms with Gasteiger partial charge in [0.05, 0.1) is 10.6 Å². The van der Waals surface area contributed by atoms with Crippen LogP contribution in [0.15, 0.2) is 94.8 Å². The van der Waals surface area contributed by atoms with Crippen LogP contribution in [-0.2, 0) is 4.79 Å². The summed E-state index contributed by atoms with van der Waals surface area (Å²) in [6, 6.07) is 29.0. The van der Waals surface area contributed by atoms with Crippen LogP contribution in [0, 0.1) is 20.8 Å². The molecule has 0 spiro atoms. The average molecular weight is 464 g/mol. The number of aromatic nitrogens is 1. The van der Waals surface area contributed by atoms with Crippen molar-refractivity contribution in [3.05, 3.63) is 112 Å². The number of nitrogens with one attached hydrogen (secondary N) is 1. The molecule has 3 aromatic carbocycles. The van der Waals surface area contributed by atoms with Crippen molar-refractivity contribution in [1.29, 1.82) is 0 Å². The van der Waals surface area contributed by atoms with E-state index in [1.165, 1.54) is 28.5 Å². The highest BCUT2D eigenvalue weighted by molar-refractivity contribution is 8.18. The summed E-state index contributed by atoms with van der Waals surface area (Å²) >= 11 is 1.37. The monoisotopic (exact) mass is 463 g/mol. The summed E-state index contributed by atoms with van der Waals surface area (Å²) in [6.45, 7) is 6.22. The summed E-state index contributed by atoms with van der Waals surface area (Å²) in [6.07, 6.45) is 1.95. The normalized spacial score (nSPS) is 15.8. The maximum Gasteiger partial charge on any atom is 0.264 e. The van der Waals surface area contributed by atoms with Gasteiger partial charge in [-0.05, 0) is 85.6 Å². The quantitative estimate of drug-likeness (QED) is 0.333. The number of amides is 1. The van der Waals surface area contributed by atoms with E-state index >= 15 is 0 Å². The molecule has 0 radical (unpaired) electrons. The zero-order chi connectivity index (χ0) is 23.7. The van der Waals surface area contributed by atoms with Crippen molar-refractivity contribution in [3.63, 3.8) is 0 Å². The Morgan fingerprint density at radius 1 is 0.853 bits per heavy atom. The lowest BCUT2D eigenvalue weighted by Gasteiger charge is -2.11. The standard InChI is InChI=1S/C29H25N3OS/c1-19-9-13-25(14-10-19)30-29-31-28(33)27(34-29)18-24-17-20(2)32(21(24)3)26-15-11-23(12-16-26)22-7-5-4-6-8-22/h4-18H,1-3H3,(H,30,31,33)/b27-18-. The fourth-order valence-electron chi connectivity index (χ4n) is 4.12. The van der Waals surface area contributed by atoms with Crippen molar-refractivity contribution in [2.75, 3.05) is 0 Å². The Kier molecular flexibility index (Phi) is 5.95. The lowest BCUT2D eigenvalue weighted by molar-refractivity contribution is -0.115. The molecule has 5 heteroatoms. The first-order valence-electron chi connectivity index (χ1n) is 11.2. The fourth-order valence-corrected chi connectivity index (χ4v) is 4.96. The molecule has 0 aliphatic carbocycles. The minimum Gasteiger partial charge on any atom is -0.318 e. The van der Waals surface area contributed by atoms with Crippen LogP contribution in [0.1, 0.15) is 22.5 Å². The number of amidine groups is 1. The van der Waals surface area contributed by atoms with Crippen LogP contribution >= 0.6 is 11.8 Å². The Morgan fingerprint density at radius 2 is 1.53 bits per heavy atom. The SMILES string of the molecule is Cc1ccc(N=C2NC(=O)/C(=C/c3cc(C)n(-c4ccc(-c5ccccc5)cc4)c3C)S2)cc1. The molecule has 1 saturated heterocycles. The van der Waals surface area contributed by atoms with Gasteiger partial charge in [0.25, 0.3) is 5.91 Å². The molecule has 0 atom stereocenters. The van der Waals surface area contributed by atoms with Crippen molar-refractivity contribution >= 4 is 34.6 Å². The van der Waals surface area contributed by atoms with Crippen LogP contribution in [0.3, 0.4) is 0 Å². The number of aliphatic imine (C=N–C) groups is 1. The fraction of sp³-hybridized carbons (Fsp3) is 0.103. The van der Waals surface area contributed by atoms with Gasteiger partial charge in [-0.1, -0.05) is 60.2 Å². The minimum atomic E-state index is -0.118. The number of thioether (sulfide) groups is 1. The van der Waals surface area contributed by atoms with Crippen molar-refractivity contribution in [3.8, 4) is 16.8 Å². The van der Waals surface area contributed by atoms with Crippen LogP contribution in [0.4, 0.5) is 5.69 Å². The Bertz CT molecular complexity index is 1410. The van der Waals surface area contributed by atoms with Gasteiger partial charge in [-0.3, -0.25) is 4.79 Å². The number of carbonyl (C=O) groups excluding carboxylic acids is 1. The second-order valence-electron chi connectivity index (χ2n) is 8.39. The molecule has 1 aliphatic rings. The summed E-state index contributed by atoms with van der Waals surface area (Å²) in [5.41, 5.74) is 8.73. The molecule has 168 valence electrons. The van der Waals surface area contributed by atoms with Gasteiger partial charge in [0, 0.05) is 17.1 Å². The Balaban J connectivity index is 1.41. The van der Waals surface area contributed by atoms with Gasteiger partial charge in [0.1, 0.15) is 0 Å². The Hall–Kier alpha value is -3.83. The third-order valence-electron chi connectivity index (χ3n) is 5.91. The number of benzene rings is 3. The third kappa shape index (κ3) is 4.47. The predicted molar refractivity (Wildman–Crippen MR) is 143 cm³/mol. The van der Waals surface area contributed by atoms with Crippen LogP contribution in [-0.4, -0.2) is 15.6 Å². The van der Waals surface area contributed by atoms with E-state index < -0.39 is 0 Å². The summed E-state index contributed by atoms with van der Waals surface area (Å²) < 4.78 is 2.22. The highest BCUT2D eigenvalue weighted by Gasteiger charge is 2.24. The van der Waals surface area contributed by atoms with Gasteiger partial charge in [-0.25, -0.2) is 4.99 Å². The van der Waals surface area contributed by atoms with Crippen LogP contribution < -0.4 is 5.32 Å². The number of nitrogens with zero attached hydrogens (tertiary/aromatic N) is 2. The van der Waals surface area contributed by atoms with E-state index in [1.54, 1.807) is 0 Å². The van der Waals surface area contributed by atoms with E-state index in [4.69, 9.17) is 0 Å². The summed E-state index contributed by atoms with van der Waals surface area (Å²) in [5.74, 6) is -0.118. The molecule has 0 bridgehead atoms. The van der Waals surface area contributed by atoms with Crippen LogP contribution in [0.2, 0.25) is 0 Å². The van der Waals surface area contributed by atoms with Crippen molar-refractivity contribution in [1.82, 2.24) is 9.88 Å². The molecule has 1 aliphatic heterocycles. The molecule has 1 fully saturated rings. The molecule has 0 unspecified atom stereocenters. The van der Waals surface area contributed by atoms with E-state index in [9.17, 15) is 4.79 Å². The largest absolute Gasteiger partial charge is 0.318 e. The lowest BCUT2D eigenvalue weighted by atomic mass is 10.1. The molecule has 5 rings (SSSR count). The minimum absolute atomic E-state index is 0.118. The summed E-state index contributed by atoms with van der Waals surface area (Å²) in [5, 5.41) is 3.48. The highest BCUT2D eigenvalue weighted by Crippen LogP contribution is 2.31. The number of hydrogen-bond donors (Lipinski definition) is 1. The van der Waals surface area contributed by atoms with E-state index in [-0.39, 0.29) is 5.91 Å².